The van der Waals surface area contributed by atoms with Gasteiger partial charge in [0.25, 0.3) is 0 Å². The van der Waals surface area contributed by atoms with E-state index in [-0.39, 0.29) is 0 Å². The van der Waals surface area contributed by atoms with Crippen LogP contribution in [0.25, 0.3) is 0 Å². The summed E-state index contributed by atoms with van der Waals surface area (Å²) >= 11 is 7.01. The Morgan fingerprint density at radius 3 is 2.38 bits per heavy atom. The van der Waals surface area contributed by atoms with Crippen LogP contribution in [0.5, 0.6) is 0 Å². The van der Waals surface area contributed by atoms with Gasteiger partial charge >= 0.3 is 0 Å². The van der Waals surface area contributed by atoms with Gasteiger partial charge in [-0.2, -0.15) is 0 Å². The topological polar surface area (TPSA) is 15.3 Å². The zero-order chi connectivity index (χ0) is 12.0. The minimum Gasteiger partial charge on any atom is -0.316 e. The van der Waals surface area contributed by atoms with Crippen LogP contribution in [0.15, 0.2) is 27.1 Å². The molecule has 0 fully saturated rings. The van der Waals surface area contributed by atoms with Gasteiger partial charge in [0, 0.05) is 28.6 Å². The van der Waals surface area contributed by atoms with E-state index in [2.05, 4.69) is 74.2 Å². The maximum Gasteiger partial charge on any atom is 0.0232 e. The highest BCUT2D eigenvalue weighted by molar-refractivity contribution is 9.11. The summed E-state index contributed by atoms with van der Waals surface area (Å²) in [6, 6.07) is 6.38. The van der Waals surface area contributed by atoms with E-state index in [1.807, 2.05) is 0 Å². The fourth-order valence-electron chi connectivity index (χ4n) is 1.54. The van der Waals surface area contributed by atoms with E-state index in [1.54, 1.807) is 0 Å². The van der Waals surface area contributed by atoms with Crippen molar-refractivity contribution in [2.45, 2.75) is 13.5 Å². The number of nitrogens with zero attached hydrogens (tertiary/aromatic N) is 1. The molecule has 0 radical (unpaired) electrons. The number of rotatable bonds is 6. The van der Waals surface area contributed by atoms with Crippen LogP contribution in [-0.4, -0.2) is 31.6 Å². The summed E-state index contributed by atoms with van der Waals surface area (Å²) in [5.74, 6) is 0. The van der Waals surface area contributed by atoms with Crippen molar-refractivity contribution in [3.05, 3.63) is 32.7 Å². The van der Waals surface area contributed by atoms with Crippen LogP contribution in [0.2, 0.25) is 0 Å². The van der Waals surface area contributed by atoms with Crippen molar-refractivity contribution in [3.63, 3.8) is 0 Å². The van der Waals surface area contributed by atoms with Gasteiger partial charge in [0.15, 0.2) is 0 Å². The first-order valence-corrected chi connectivity index (χ1v) is 7.04. The van der Waals surface area contributed by atoms with Crippen LogP contribution >= 0.6 is 31.9 Å². The average molecular weight is 350 g/mol. The lowest BCUT2D eigenvalue weighted by molar-refractivity contribution is 0.325. The summed E-state index contributed by atoms with van der Waals surface area (Å²) in [5.41, 5.74) is 1.32. The van der Waals surface area contributed by atoms with Crippen LogP contribution < -0.4 is 5.32 Å². The van der Waals surface area contributed by atoms with E-state index in [0.717, 1.165) is 35.1 Å². The second-order valence-electron chi connectivity index (χ2n) is 3.87. The Balaban J connectivity index is 2.45. The molecule has 0 aromatic heterocycles. The van der Waals surface area contributed by atoms with Crippen molar-refractivity contribution in [2.75, 3.05) is 26.7 Å². The first-order valence-electron chi connectivity index (χ1n) is 5.46. The van der Waals surface area contributed by atoms with E-state index in [9.17, 15) is 0 Å². The van der Waals surface area contributed by atoms with Crippen LogP contribution in [0, 0.1) is 0 Å². The number of nitrogens with one attached hydrogen (secondary N) is 1. The number of hydrogen-bond donors (Lipinski definition) is 1. The minimum absolute atomic E-state index is 0.976. The molecule has 0 amide bonds. The van der Waals surface area contributed by atoms with Crippen LogP contribution in [0.4, 0.5) is 0 Å². The fourth-order valence-corrected chi connectivity index (χ4v) is 2.93. The molecule has 0 spiro atoms. The molecule has 1 N–H and O–H groups in total. The number of likely N-dealkylation sites (N-methyl/N-ethyl adjacent to an activating group) is 2. The lowest BCUT2D eigenvalue weighted by atomic mass is 10.2. The smallest absolute Gasteiger partial charge is 0.0232 e. The molecule has 90 valence electrons. The molecule has 0 saturated heterocycles. The predicted molar refractivity (Wildman–Crippen MR) is 76.7 cm³/mol. The third kappa shape index (κ3) is 5.43. The van der Waals surface area contributed by atoms with Crippen LogP contribution in [0.1, 0.15) is 12.5 Å². The van der Waals surface area contributed by atoms with Gasteiger partial charge < -0.3 is 10.2 Å². The van der Waals surface area contributed by atoms with Gasteiger partial charge in [-0.1, -0.05) is 38.8 Å². The Kier molecular flexibility index (Phi) is 6.58. The molecule has 0 aliphatic carbocycles. The third-order valence-electron chi connectivity index (χ3n) is 2.30. The van der Waals surface area contributed by atoms with Gasteiger partial charge in [-0.05, 0) is 37.4 Å². The first kappa shape index (κ1) is 14.2. The average Bonchev–Trinajstić information content (AvgIpc) is 2.16. The molecule has 1 aromatic rings. The molecule has 2 nitrogen and oxygen atoms in total. The molecule has 1 aromatic carbocycles. The maximum atomic E-state index is 3.51. The maximum absolute atomic E-state index is 3.51. The van der Waals surface area contributed by atoms with Crippen molar-refractivity contribution in [3.8, 4) is 0 Å². The monoisotopic (exact) mass is 348 g/mol. The normalized spacial score (nSPS) is 11.1. The van der Waals surface area contributed by atoms with Crippen molar-refractivity contribution >= 4 is 31.9 Å². The Morgan fingerprint density at radius 2 is 1.81 bits per heavy atom. The Hall–Kier alpha value is 0.1000. The van der Waals surface area contributed by atoms with Crippen molar-refractivity contribution in [1.29, 1.82) is 0 Å². The predicted octanol–water partition coefficient (Wildman–Crippen LogP) is 3.25. The molecule has 0 aliphatic rings. The van der Waals surface area contributed by atoms with Crippen LogP contribution in [0.3, 0.4) is 0 Å². The zero-order valence-corrected chi connectivity index (χ0v) is 12.9. The Morgan fingerprint density at radius 1 is 1.19 bits per heavy atom. The molecular weight excluding hydrogens is 332 g/mol. The molecule has 0 heterocycles. The van der Waals surface area contributed by atoms with E-state index < -0.39 is 0 Å². The lowest BCUT2D eigenvalue weighted by Gasteiger charge is -2.17. The second kappa shape index (κ2) is 7.43. The quantitative estimate of drug-likeness (QED) is 0.793. The van der Waals surface area contributed by atoms with E-state index >= 15 is 0 Å². The lowest BCUT2D eigenvalue weighted by Crippen LogP contribution is -2.28. The second-order valence-corrected chi connectivity index (χ2v) is 5.70. The highest BCUT2D eigenvalue weighted by Crippen LogP contribution is 2.20. The van der Waals surface area contributed by atoms with Crippen molar-refractivity contribution in [1.82, 2.24) is 10.2 Å². The van der Waals surface area contributed by atoms with Gasteiger partial charge in [0.2, 0.25) is 0 Å². The van der Waals surface area contributed by atoms with E-state index in [1.165, 1.54) is 5.56 Å². The molecule has 0 saturated carbocycles. The minimum atomic E-state index is 0.976. The number of benzene rings is 1. The molecule has 4 heteroatoms. The van der Waals surface area contributed by atoms with Gasteiger partial charge in [0.1, 0.15) is 0 Å². The summed E-state index contributed by atoms with van der Waals surface area (Å²) in [5, 5.41) is 3.33. The molecule has 16 heavy (non-hydrogen) atoms. The molecule has 0 aliphatic heterocycles. The van der Waals surface area contributed by atoms with Crippen molar-refractivity contribution < 1.29 is 0 Å². The zero-order valence-electron chi connectivity index (χ0n) is 9.76. The van der Waals surface area contributed by atoms with Gasteiger partial charge in [-0.15, -0.1) is 0 Å². The fraction of sp³-hybridized carbons (Fsp3) is 0.500. The summed E-state index contributed by atoms with van der Waals surface area (Å²) in [7, 11) is 2.14. The summed E-state index contributed by atoms with van der Waals surface area (Å²) < 4.78 is 2.24. The van der Waals surface area contributed by atoms with E-state index in [0.29, 0.717) is 0 Å². The molecule has 0 atom stereocenters. The third-order valence-corrected chi connectivity index (χ3v) is 3.21. The van der Waals surface area contributed by atoms with E-state index in [4.69, 9.17) is 0 Å². The summed E-state index contributed by atoms with van der Waals surface area (Å²) in [6.07, 6.45) is 0. The highest BCUT2D eigenvalue weighted by atomic mass is 79.9. The van der Waals surface area contributed by atoms with Gasteiger partial charge in [-0.3, -0.25) is 0 Å². The van der Waals surface area contributed by atoms with Crippen LogP contribution in [-0.2, 0) is 6.54 Å². The van der Waals surface area contributed by atoms with Gasteiger partial charge in [-0.25, -0.2) is 0 Å². The molecule has 0 bridgehead atoms. The molecular formula is C12H18Br2N2. The SMILES string of the molecule is CCNCCN(C)Cc1cc(Br)cc(Br)c1. The summed E-state index contributed by atoms with van der Waals surface area (Å²) in [6.45, 7) is 6.26. The highest BCUT2D eigenvalue weighted by Gasteiger charge is 2.02. The molecule has 0 unspecified atom stereocenters. The number of hydrogen-bond acceptors (Lipinski definition) is 2. The standard InChI is InChI=1S/C12H18Br2N2/c1-3-15-4-5-16(2)9-10-6-11(13)8-12(14)7-10/h6-8,15H,3-5,9H2,1-2H3. The summed E-state index contributed by atoms with van der Waals surface area (Å²) in [4.78, 5) is 2.32. The molecule has 1 rings (SSSR count). The van der Waals surface area contributed by atoms with Crippen molar-refractivity contribution in [2.24, 2.45) is 0 Å². The van der Waals surface area contributed by atoms with Gasteiger partial charge in [0.05, 0.1) is 0 Å². The first-order chi connectivity index (χ1) is 7.61. The number of halogens is 2. The Bertz CT molecular complexity index is 309. The largest absolute Gasteiger partial charge is 0.316 e. The Labute approximate surface area is 115 Å².